The molecule has 4 N–H and O–H groups in total. The lowest BCUT2D eigenvalue weighted by Crippen LogP contribution is -2.15. The number of hydrogen-bond acceptors (Lipinski definition) is 4. The van der Waals surface area contributed by atoms with Crippen molar-refractivity contribution < 1.29 is 66.5 Å². The molecule has 38 heavy (non-hydrogen) atoms. The van der Waals surface area contributed by atoms with E-state index in [9.17, 15) is 57.1 Å². The molecule has 0 unspecified atom stereocenters. The smallest absolute Gasteiger partial charge is 0.422 e. The molecule has 0 saturated carbocycles. The topological polar surface area (TPSA) is 70.5 Å². The normalized spacial score (nSPS) is 12.6. The summed E-state index contributed by atoms with van der Waals surface area (Å²) in [4.78, 5) is 0. The van der Waals surface area contributed by atoms with E-state index in [1.807, 2.05) is 0 Å². The first-order valence-electron chi connectivity index (χ1n) is 9.49. The maximum absolute atomic E-state index is 14.5. The molecule has 0 heterocycles. The molecule has 0 spiro atoms. The Morgan fingerprint density at radius 1 is 0.447 bits per heavy atom. The van der Waals surface area contributed by atoms with Crippen molar-refractivity contribution in [1.82, 2.24) is 0 Å². The fourth-order valence-electron chi connectivity index (χ4n) is 3.15. The van der Waals surface area contributed by atoms with Crippen molar-refractivity contribution in [2.75, 3.05) is 11.5 Å². The Labute approximate surface area is 202 Å². The molecule has 0 radical (unpaired) electrons. The average molecular weight is 568 g/mol. The van der Waals surface area contributed by atoms with Crippen molar-refractivity contribution in [2.24, 2.45) is 0 Å². The van der Waals surface area contributed by atoms with E-state index in [0.29, 0.717) is 0 Å². The van der Waals surface area contributed by atoms with Gasteiger partial charge in [-0.15, -0.1) is 0 Å². The van der Waals surface area contributed by atoms with Gasteiger partial charge in [-0.1, -0.05) is 0 Å². The lowest BCUT2D eigenvalue weighted by molar-refractivity contribution is -0.142. The Kier molecular flexibility index (Phi) is 7.02. The van der Waals surface area contributed by atoms with Crippen molar-refractivity contribution in [3.05, 3.63) is 70.3 Å². The van der Waals surface area contributed by atoms with Gasteiger partial charge in [0.1, 0.15) is 45.6 Å². The van der Waals surface area contributed by atoms with Crippen LogP contribution in [0, 0.1) is 23.3 Å². The summed E-state index contributed by atoms with van der Waals surface area (Å²) in [6, 6.07) is 0.483. The van der Waals surface area contributed by atoms with Crippen LogP contribution in [0.2, 0.25) is 0 Å². The molecule has 0 aliphatic carbocycles. The molecular formula is C21H9F13N2O2. The molecule has 3 rings (SSSR count). The predicted molar refractivity (Wildman–Crippen MR) is 103 cm³/mol. The SMILES string of the molecule is Nc1cc(F)c(C(F)(F)F)c(Oc2cc(Oc3cc(N)cc(F)c3C(F)(F)F)c(C(F)(F)F)c(F)c2F)c1. The van der Waals surface area contributed by atoms with Gasteiger partial charge in [-0.3, -0.25) is 0 Å². The van der Waals surface area contributed by atoms with E-state index >= 15 is 0 Å². The van der Waals surface area contributed by atoms with E-state index in [1.165, 1.54) is 0 Å². The van der Waals surface area contributed by atoms with Gasteiger partial charge in [0.2, 0.25) is 5.82 Å². The molecular weight excluding hydrogens is 559 g/mol. The zero-order valence-corrected chi connectivity index (χ0v) is 17.8. The van der Waals surface area contributed by atoms with Gasteiger partial charge in [0.15, 0.2) is 11.6 Å². The van der Waals surface area contributed by atoms with Crippen LogP contribution in [-0.2, 0) is 18.5 Å². The van der Waals surface area contributed by atoms with E-state index in [4.69, 9.17) is 11.5 Å². The van der Waals surface area contributed by atoms with E-state index in [2.05, 4.69) is 9.47 Å². The minimum Gasteiger partial charge on any atom is -0.456 e. The van der Waals surface area contributed by atoms with Gasteiger partial charge in [0, 0.05) is 29.6 Å². The monoisotopic (exact) mass is 568 g/mol. The summed E-state index contributed by atoms with van der Waals surface area (Å²) in [7, 11) is 0. The first-order valence-corrected chi connectivity index (χ1v) is 9.49. The van der Waals surface area contributed by atoms with Crippen LogP contribution in [-0.4, -0.2) is 0 Å². The van der Waals surface area contributed by atoms with Crippen LogP contribution >= 0.6 is 0 Å². The number of ether oxygens (including phenoxy) is 2. The summed E-state index contributed by atoms with van der Waals surface area (Å²) >= 11 is 0. The van der Waals surface area contributed by atoms with Gasteiger partial charge < -0.3 is 20.9 Å². The fraction of sp³-hybridized carbons (Fsp3) is 0.143. The number of nitrogen functional groups attached to an aromatic ring is 2. The molecule has 3 aromatic carbocycles. The maximum atomic E-state index is 14.5. The van der Waals surface area contributed by atoms with Crippen molar-refractivity contribution in [1.29, 1.82) is 0 Å². The van der Waals surface area contributed by atoms with E-state index in [1.54, 1.807) is 0 Å². The number of nitrogens with two attached hydrogens (primary N) is 2. The highest BCUT2D eigenvalue weighted by Crippen LogP contribution is 2.48. The number of rotatable bonds is 4. The molecule has 0 atom stereocenters. The predicted octanol–water partition coefficient (Wildman–Crippen LogP) is 8.05. The summed E-state index contributed by atoms with van der Waals surface area (Å²) < 4.78 is 186. The Hall–Kier alpha value is -4.05. The molecule has 0 aliphatic rings. The number of anilines is 2. The second-order valence-electron chi connectivity index (χ2n) is 7.32. The molecule has 3 aromatic rings. The summed E-state index contributed by atoms with van der Waals surface area (Å²) in [6.45, 7) is 0. The zero-order chi connectivity index (χ0) is 29.0. The van der Waals surface area contributed by atoms with Crippen molar-refractivity contribution in [3.63, 3.8) is 0 Å². The number of halogens is 13. The van der Waals surface area contributed by atoms with E-state index in [-0.39, 0.29) is 30.3 Å². The number of benzene rings is 3. The second-order valence-corrected chi connectivity index (χ2v) is 7.32. The maximum Gasteiger partial charge on any atom is 0.422 e. The molecule has 4 nitrogen and oxygen atoms in total. The standard InChI is InChI=1S/C21H9F13N2O2/c22-8-1-6(35)3-10(14(8)19(26,27)28)37-12-5-13(17(24)18(25)16(12)21(32,33)34)38-11-4-7(36)2-9(23)15(11)20(29,30)31/h1-5H,35-36H2. The molecule has 206 valence electrons. The van der Waals surface area contributed by atoms with Gasteiger partial charge in [-0.2, -0.15) is 43.9 Å². The number of alkyl halides is 9. The molecule has 0 saturated heterocycles. The van der Waals surface area contributed by atoms with Crippen LogP contribution in [0.25, 0.3) is 0 Å². The highest BCUT2D eigenvalue weighted by atomic mass is 19.4. The van der Waals surface area contributed by atoms with E-state index in [0.717, 1.165) is 0 Å². The molecule has 0 amide bonds. The Morgan fingerprint density at radius 2 is 0.789 bits per heavy atom. The minimum atomic E-state index is -5.88. The van der Waals surface area contributed by atoms with Gasteiger partial charge in [-0.25, -0.2) is 13.2 Å². The van der Waals surface area contributed by atoms with Gasteiger partial charge in [0.05, 0.1) is 0 Å². The third kappa shape index (κ3) is 5.60. The highest BCUT2D eigenvalue weighted by Gasteiger charge is 2.44. The summed E-state index contributed by atoms with van der Waals surface area (Å²) in [5, 5.41) is 0. The Balaban J connectivity index is 2.29. The third-order valence-corrected chi connectivity index (χ3v) is 4.58. The first kappa shape index (κ1) is 28.5. The highest BCUT2D eigenvalue weighted by molar-refractivity contribution is 5.56. The lowest BCUT2D eigenvalue weighted by atomic mass is 10.1. The Bertz CT molecular complexity index is 1400. The minimum absolute atomic E-state index is 0.132. The lowest BCUT2D eigenvalue weighted by Gasteiger charge is -2.20. The molecule has 0 bridgehead atoms. The molecule has 0 aliphatic heterocycles. The average Bonchev–Trinajstić information content (AvgIpc) is 2.67. The van der Waals surface area contributed by atoms with Crippen LogP contribution in [0.3, 0.4) is 0 Å². The number of hydrogen-bond donors (Lipinski definition) is 2. The largest absolute Gasteiger partial charge is 0.456 e. The summed E-state index contributed by atoms with van der Waals surface area (Å²) in [5.41, 5.74) is 1.65. The van der Waals surface area contributed by atoms with E-state index < -0.39 is 92.9 Å². The van der Waals surface area contributed by atoms with Crippen LogP contribution in [0.15, 0.2) is 30.3 Å². The summed E-state index contributed by atoms with van der Waals surface area (Å²) in [6.07, 6.45) is -17.0. The van der Waals surface area contributed by atoms with Gasteiger partial charge in [-0.05, 0) is 12.1 Å². The van der Waals surface area contributed by atoms with Crippen molar-refractivity contribution in [2.45, 2.75) is 18.5 Å². The molecule has 17 heteroatoms. The molecule has 0 fully saturated rings. The summed E-state index contributed by atoms with van der Waals surface area (Å²) in [5.74, 6) is -16.9. The Morgan fingerprint density at radius 3 is 1.16 bits per heavy atom. The van der Waals surface area contributed by atoms with Crippen molar-refractivity contribution >= 4 is 11.4 Å². The first-order chi connectivity index (χ1) is 17.2. The van der Waals surface area contributed by atoms with Crippen LogP contribution < -0.4 is 20.9 Å². The third-order valence-electron chi connectivity index (χ3n) is 4.58. The zero-order valence-electron chi connectivity index (χ0n) is 17.8. The van der Waals surface area contributed by atoms with Crippen LogP contribution in [0.4, 0.5) is 68.5 Å². The van der Waals surface area contributed by atoms with Crippen LogP contribution in [0.5, 0.6) is 23.0 Å². The van der Waals surface area contributed by atoms with Gasteiger partial charge in [0.25, 0.3) is 0 Å². The van der Waals surface area contributed by atoms with Crippen molar-refractivity contribution in [3.8, 4) is 23.0 Å². The molecule has 0 aromatic heterocycles. The quantitative estimate of drug-likeness (QED) is 0.247. The second kappa shape index (κ2) is 9.36. The van der Waals surface area contributed by atoms with Gasteiger partial charge >= 0.3 is 18.5 Å². The van der Waals surface area contributed by atoms with Crippen LogP contribution in [0.1, 0.15) is 16.7 Å². The fourth-order valence-corrected chi connectivity index (χ4v) is 3.15.